The zero-order chi connectivity index (χ0) is 15.4. The number of urea groups is 1. The highest BCUT2D eigenvalue weighted by Crippen LogP contribution is 2.26. The molecule has 1 aliphatic rings. The molecule has 0 saturated heterocycles. The predicted octanol–water partition coefficient (Wildman–Crippen LogP) is 1.96. The number of hydrogen-bond acceptors (Lipinski definition) is 3. The third kappa shape index (κ3) is 3.31. The highest BCUT2D eigenvalue weighted by atomic mass is 16.4. The van der Waals surface area contributed by atoms with Crippen molar-refractivity contribution in [2.24, 2.45) is 5.92 Å². The fourth-order valence-electron chi connectivity index (χ4n) is 2.58. The Morgan fingerprint density at radius 1 is 1.38 bits per heavy atom. The van der Waals surface area contributed by atoms with E-state index in [1.165, 1.54) is 4.90 Å². The van der Waals surface area contributed by atoms with Gasteiger partial charge in [0, 0.05) is 13.1 Å². The van der Waals surface area contributed by atoms with Crippen LogP contribution >= 0.6 is 0 Å². The molecule has 110 valence electrons. The van der Waals surface area contributed by atoms with Gasteiger partial charge in [0.25, 0.3) is 0 Å². The summed E-state index contributed by atoms with van der Waals surface area (Å²) in [6.45, 7) is 0. The number of nitrogens with one attached hydrogen (secondary N) is 1. The lowest BCUT2D eigenvalue weighted by Crippen LogP contribution is -2.42. The second-order valence-electron chi connectivity index (χ2n) is 5.18. The topological polar surface area (TPSA) is 93.4 Å². The SMILES string of the molecule is CN(C(=O)N[C@H]1CC[C@@H](C(=O)O)C1)c1ccccc1C#N. The van der Waals surface area contributed by atoms with Gasteiger partial charge in [-0.25, -0.2) is 4.79 Å². The summed E-state index contributed by atoms with van der Waals surface area (Å²) in [7, 11) is 1.59. The molecule has 1 saturated carbocycles. The largest absolute Gasteiger partial charge is 0.481 e. The van der Waals surface area contributed by atoms with Crippen LogP contribution in [0.3, 0.4) is 0 Å². The molecule has 1 aromatic rings. The van der Waals surface area contributed by atoms with Crippen LogP contribution in [0.2, 0.25) is 0 Å². The molecule has 2 rings (SSSR count). The lowest BCUT2D eigenvalue weighted by atomic mass is 10.1. The van der Waals surface area contributed by atoms with Gasteiger partial charge in [-0.05, 0) is 31.4 Å². The smallest absolute Gasteiger partial charge is 0.321 e. The van der Waals surface area contributed by atoms with Gasteiger partial charge in [-0.2, -0.15) is 5.26 Å². The van der Waals surface area contributed by atoms with Gasteiger partial charge in [0.05, 0.1) is 17.2 Å². The zero-order valence-corrected chi connectivity index (χ0v) is 11.7. The Morgan fingerprint density at radius 3 is 2.71 bits per heavy atom. The first-order valence-electron chi connectivity index (χ1n) is 6.79. The maximum absolute atomic E-state index is 12.2. The van der Waals surface area contributed by atoms with E-state index in [-0.39, 0.29) is 18.0 Å². The third-order valence-corrected chi connectivity index (χ3v) is 3.80. The van der Waals surface area contributed by atoms with Gasteiger partial charge in [0.1, 0.15) is 6.07 Å². The molecule has 0 aromatic heterocycles. The van der Waals surface area contributed by atoms with Gasteiger partial charge in [0.2, 0.25) is 0 Å². The number of aliphatic carboxylic acids is 1. The standard InChI is InChI=1S/C15H17N3O3/c1-18(13-5-3-2-4-11(13)9-16)15(21)17-12-7-6-10(8-12)14(19)20/h2-5,10,12H,6-8H2,1H3,(H,17,21)(H,19,20)/t10-,12+/m1/s1. The number of carbonyl (C=O) groups excluding carboxylic acids is 1. The van der Waals surface area contributed by atoms with Gasteiger partial charge >= 0.3 is 12.0 Å². The highest BCUT2D eigenvalue weighted by Gasteiger charge is 2.31. The molecule has 6 nitrogen and oxygen atoms in total. The van der Waals surface area contributed by atoms with E-state index in [9.17, 15) is 9.59 Å². The van der Waals surface area contributed by atoms with E-state index in [0.29, 0.717) is 30.5 Å². The molecule has 0 unspecified atom stereocenters. The summed E-state index contributed by atoms with van der Waals surface area (Å²) in [5.41, 5.74) is 0.954. The number of benzene rings is 1. The summed E-state index contributed by atoms with van der Waals surface area (Å²) >= 11 is 0. The molecule has 2 atom stereocenters. The average Bonchev–Trinajstić information content (AvgIpc) is 2.95. The van der Waals surface area contributed by atoms with E-state index in [4.69, 9.17) is 10.4 Å². The van der Waals surface area contributed by atoms with Crippen molar-refractivity contribution < 1.29 is 14.7 Å². The van der Waals surface area contributed by atoms with E-state index in [1.807, 2.05) is 6.07 Å². The van der Waals surface area contributed by atoms with Crippen molar-refractivity contribution in [2.75, 3.05) is 11.9 Å². The van der Waals surface area contributed by atoms with Gasteiger partial charge < -0.3 is 10.4 Å². The molecule has 1 aromatic carbocycles. The second kappa shape index (κ2) is 6.27. The normalized spacial score (nSPS) is 20.6. The minimum Gasteiger partial charge on any atom is -0.481 e. The van der Waals surface area contributed by atoms with Crippen LogP contribution in [0, 0.1) is 17.2 Å². The van der Waals surface area contributed by atoms with Crippen molar-refractivity contribution in [2.45, 2.75) is 25.3 Å². The zero-order valence-electron chi connectivity index (χ0n) is 11.7. The summed E-state index contributed by atoms with van der Waals surface area (Å²) in [5.74, 6) is -1.19. The molecule has 0 radical (unpaired) electrons. The Balaban J connectivity index is 2.01. The van der Waals surface area contributed by atoms with Gasteiger partial charge in [-0.1, -0.05) is 12.1 Å². The molecule has 6 heteroatoms. The van der Waals surface area contributed by atoms with Crippen molar-refractivity contribution in [1.29, 1.82) is 5.26 Å². The van der Waals surface area contributed by atoms with Gasteiger partial charge in [0.15, 0.2) is 0 Å². The molecule has 0 heterocycles. The lowest BCUT2D eigenvalue weighted by Gasteiger charge is -2.22. The molecule has 21 heavy (non-hydrogen) atoms. The fourth-order valence-corrected chi connectivity index (χ4v) is 2.58. The number of carboxylic acids is 1. The van der Waals surface area contributed by atoms with Crippen LogP contribution in [0.4, 0.5) is 10.5 Å². The first kappa shape index (κ1) is 14.9. The number of para-hydroxylation sites is 1. The van der Waals surface area contributed by atoms with Gasteiger partial charge in [-0.3, -0.25) is 9.69 Å². The van der Waals surface area contributed by atoms with Crippen LogP contribution in [-0.4, -0.2) is 30.2 Å². The molecule has 0 bridgehead atoms. The Bertz CT molecular complexity index is 594. The number of anilines is 1. The highest BCUT2D eigenvalue weighted by molar-refractivity contribution is 5.93. The average molecular weight is 287 g/mol. The molecule has 1 aliphatic carbocycles. The van der Waals surface area contributed by atoms with Crippen molar-refractivity contribution in [3.05, 3.63) is 29.8 Å². The van der Waals surface area contributed by atoms with E-state index in [2.05, 4.69) is 5.32 Å². The maximum atomic E-state index is 12.2. The van der Waals surface area contributed by atoms with E-state index < -0.39 is 5.97 Å². The van der Waals surface area contributed by atoms with E-state index in [1.54, 1.807) is 31.3 Å². The minimum atomic E-state index is -0.810. The number of rotatable bonds is 3. The number of hydrogen-bond donors (Lipinski definition) is 2. The number of carboxylic acid groups (broad SMARTS) is 1. The Labute approximate surface area is 123 Å². The lowest BCUT2D eigenvalue weighted by molar-refractivity contribution is -0.141. The quantitative estimate of drug-likeness (QED) is 0.888. The van der Waals surface area contributed by atoms with Crippen LogP contribution in [0.25, 0.3) is 0 Å². The summed E-state index contributed by atoms with van der Waals surface area (Å²) < 4.78 is 0. The van der Waals surface area contributed by atoms with Crippen LogP contribution in [-0.2, 0) is 4.79 Å². The van der Waals surface area contributed by atoms with Crippen LogP contribution < -0.4 is 10.2 Å². The molecule has 2 amide bonds. The fraction of sp³-hybridized carbons (Fsp3) is 0.400. The van der Waals surface area contributed by atoms with Gasteiger partial charge in [-0.15, -0.1) is 0 Å². The number of nitrogens with zero attached hydrogens (tertiary/aromatic N) is 2. The van der Waals surface area contributed by atoms with Crippen molar-refractivity contribution in [1.82, 2.24) is 5.32 Å². The third-order valence-electron chi connectivity index (χ3n) is 3.80. The van der Waals surface area contributed by atoms with E-state index >= 15 is 0 Å². The predicted molar refractivity (Wildman–Crippen MR) is 76.9 cm³/mol. The number of carbonyl (C=O) groups is 2. The van der Waals surface area contributed by atoms with Crippen LogP contribution in [0.5, 0.6) is 0 Å². The maximum Gasteiger partial charge on any atom is 0.321 e. The van der Waals surface area contributed by atoms with Crippen LogP contribution in [0.1, 0.15) is 24.8 Å². The number of amides is 2. The van der Waals surface area contributed by atoms with Crippen molar-refractivity contribution in [3.8, 4) is 6.07 Å². The minimum absolute atomic E-state index is 0.129. The second-order valence-corrected chi connectivity index (χ2v) is 5.18. The first-order chi connectivity index (χ1) is 10.0. The molecule has 0 spiro atoms. The Hall–Kier alpha value is -2.55. The molecule has 1 fully saturated rings. The molecular formula is C15H17N3O3. The summed E-state index contributed by atoms with van der Waals surface area (Å²) in [4.78, 5) is 24.5. The summed E-state index contributed by atoms with van der Waals surface area (Å²) in [6, 6.07) is 8.44. The van der Waals surface area contributed by atoms with E-state index in [0.717, 1.165) is 0 Å². The molecule has 0 aliphatic heterocycles. The van der Waals surface area contributed by atoms with Crippen molar-refractivity contribution >= 4 is 17.7 Å². The summed E-state index contributed by atoms with van der Waals surface area (Å²) in [5, 5.41) is 20.8. The Morgan fingerprint density at radius 2 is 2.10 bits per heavy atom. The molecular weight excluding hydrogens is 270 g/mol. The summed E-state index contributed by atoms with van der Waals surface area (Å²) in [6.07, 6.45) is 1.70. The first-order valence-corrected chi connectivity index (χ1v) is 6.79. The number of nitriles is 1. The molecule has 2 N–H and O–H groups in total. The monoisotopic (exact) mass is 287 g/mol. The Kier molecular flexibility index (Phi) is 4.43. The van der Waals surface area contributed by atoms with Crippen molar-refractivity contribution in [3.63, 3.8) is 0 Å². The van der Waals surface area contributed by atoms with Crippen LogP contribution in [0.15, 0.2) is 24.3 Å².